The van der Waals surface area contributed by atoms with Crippen LogP contribution in [0.25, 0.3) is 5.70 Å². The first kappa shape index (κ1) is 19.7. The average molecular weight is 339 g/mol. The van der Waals surface area contributed by atoms with Crippen molar-refractivity contribution in [3.63, 3.8) is 0 Å². The van der Waals surface area contributed by atoms with Crippen LogP contribution in [0.1, 0.15) is 53.4 Å². The normalized spacial score (nSPS) is 13.2. The third-order valence-electron chi connectivity index (χ3n) is 3.31. The van der Waals surface area contributed by atoms with Gasteiger partial charge >= 0.3 is 0 Å². The molecule has 130 valence electrons. The Balaban J connectivity index is 3.41. The van der Waals surface area contributed by atoms with Crippen LogP contribution in [0.15, 0.2) is 24.5 Å². The van der Waals surface area contributed by atoms with Crippen molar-refractivity contribution < 1.29 is 9.00 Å². The molecular weight excluding hydrogens is 308 g/mol. The maximum Gasteiger partial charge on any atom is 0.172 e. The fourth-order valence-electron chi connectivity index (χ4n) is 2.38. The molecule has 0 N–H and O–H groups in total. The second kappa shape index (κ2) is 7.95. The lowest BCUT2D eigenvalue weighted by Gasteiger charge is -2.20. The largest absolute Gasteiger partial charge is 0.293 e. The highest BCUT2D eigenvalue weighted by atomic mass is 32.2. The summed E-state index contributed by atoms with van der Waals surface area (Å²) in [4.78, 5) is 13.2. The molecule has 0 amide bonds. The fraction of sp³-hybridized carbons (Fsp3) is 0.611. The molecule has 4 nitrogen and oxygen atoms in total. The second-order valence-electron chi connectivity index (χ2n) is 7.29. The first-order valence-corrected chi connectivity index (χ1v) is 10.5. The summed E-state index contributed by atoms with van der Waals surface area (Å²) in [5.41, 5.74) is 0.500. The Morgan fingerprint density at radius 2 is 1.91 bits per heavy atom. The van der Waals surface area contributed by atoms with Gasteiger partial charge in [0, 0.05) is 31.3 Å². The number of allylic oxidation sites excluding steroid dienone is 2. The number of ketones is 1. The highest BCUT2D eigenvalue weighted by molar-refractivity contribution is 8.03. The number of carbonyl (C=O) groups is 1. The van der Waals surface area contributed by atoms with E-state index in [1.54, 1.807) is 29.6 Å². The SMILES string of the molecule is CCCCCC(=O)C(/C(=C\C(C)(C)C)n1cccn1)=S(C)(C)=O. The zero-order valence-corrected chi connectivity index (χ0v) is 16.1. The van der Waals surface area contributed by atoms with Gasteiger partial charge in [0.1, 0.15) is 0 Å². The van der Waals surface area contributed by atoms with Gasteiger partial charge in [0.25, 0.3) is 0 Å². The van der Waals surface area contributed by atoms with E-state index in [0.717, 1.165) is 19.3 Å². The van der Waals surface area contributed by atoms with Gasteiger partial charge < -0.3 is 0 Å². The lowest BCUT2D eigenvalue weighted by molar-refractivity contribution is -0.112. The minimum Gasteiger partial charge on any atom is -0.293 e. The third kappa shape index (κ3) is 6.34. The molecule has 0 aliphatic heterocycles. The maximum absolute atomic E-state index is 12.8. The molecule has 1 aromatic heterocycles. The van der Waals surface area contributed by atoms with E-state index in [1.807, 2.05) is 12.1 Å². The van der Waals surface area contributed by atoms with Crippen LogP contribution in [0.3, 0.4) is 0 Å². The van der Waals surface area contributed by atoms with Crippen molar-refractivity contribution in [2.24, 2.45) is 5.41 Å². The fourth-order valence-corrected chi connectivity index (χ4v) is 3.68. The van der Waals surface area contributed by atoms with E-state index >= 15 is 0 Å². The zero-order valence-electron chi connectivity index (χ0n) is 15.3. The van der Waals surface area contributed by atoms with Gasteiger partial charge in [-0.05, 0) is 27.4 Å². The van der Waals surface area contributed by atoms with E-state index in [-0.39, 0.29) is 11.2 Å². The highest BCUT2D eigenvalue weighted by Gasteiger charge is 2.23. The molecule has 0 atom stereocenters. The number of hydrogen-bond donors (Lipinski definition) is 0. The molecule has 0 aromatic carbocycles. The van der Waals surface area contributed by atoms with Gasteiger partial charge in [0.15, 0.2) is 5.78 Å². The number of hydrogen-bond acceptors (Lipinski definition) is 3. The predicted octanol–water partition coefficient (Wildman–Crippen LogP) is 3.64. The van der Waals surface area contributed by atoms with Crippen LogP contribution in [0, 0.1) is 5.41 Å². The predicted molar refractivity (Wildman–Crippen MR) is 100 cm³/mol. The second-order valence-corrected chi connectivity index (χ2v) is 10.2. The first-order chi connectivity index (χ1) is 10.6. The maximum atomic E-state index is 12.8. The van der Waals surface area contributed by atoms with Crippen LogP contribution in [0.2, 0.25) is 0 Å². The molecule has 0 bridgehead atoms. The standard InChI is InChI=1S/C18H30N2O2S/c1-7-8-9-11-16(21)17(23(5,6)22)15(14-18(2,3)4)20-13-10-12-19-20/h10,12-14H,7-9,11H2,1-6H3/b15-14+. The summed E-state index contributed by atoms with van der Waals surface area (Å²) in [5, 5.41) is 4.26. The summed E-state index contributed by atoms with van der Waals surface area (Å²) >= 11 is 0. The molecule has 0 aliphatic carbocycles. The zero-order chi connectivity index (χ0) is 17.7. The van der Waals surface area contributed by atoms with Crippen LogP contribution in [-0.4, -0.2) is 37.1 Å². The minimum absolute atomic E-state index is 0.0283. The van der Waals surface area contributed by atoms with Crippen LogP contribution in [0.4, 0.5) is 0 Å². The summed E-state index contributed by atoms with van der Waals surface area (Å²) in [6.45, 7) is 8.28. The van der Waals surface area contributed by atoms with Crippen molar-refractivity contribution in [1.82, 2.24) is 9.78 Å². The Morgan fingerprint density at radius 1 is 1.26 bits per heavy atom. The van der Waals surface area contributed by atoms with Crippen LogP contribution in [-0.2, 0) is 14.3 Å². The summed E-state index contributed by atoms with van der Waals surface area (Å²) in [6, 6.07) is 1.81. The molecule has 23 heavy (non-hydrogen) atoms. The molecule has 0 unspecified atom stereocenters. The topological polar surface area (TPSA) is 52.0 Å². The lowest BCUT2D eigenvalue weighted by atomic mass is 9.93. The Morgan fingerprint density at radius 3 is 2.35 bits per heavy atom. The van der Waals surface area contributed by atoms with Crippen molar-refractivity contribution in [1.29, 1.82) is 0 Å². The minimum atomic E-state index is -2.41. The Bertz CT molecular complexity index is 662. The number of aromatic nitrogens is 2. The number of unbranched alkanes of at least 4 members (excludes halogenated alkanes) is 2. The van der Waals surface area contributed by atoms with E-state index in [2.05, 4.69) is 32.8 Å². The molecule has 0 aliphatic rings. The van der Waals surface area contributed by atoms with Gasteiger partial charge in [-0.3, -0.25) is 9.00 Å². The monoisotopic (exact) mass is 338 g/mol. The molecule has 0 spiro atoms. The third-order valence-corrected chi connectivity index (χ3v) is 4.73. The number of nitrogens with zero attached hydrogens (tertiary/aromatic N) is 2. The number of rotatable bonds is 7. The van der Waals surface area contributed by atoms with Gasteiger partial charge in [-0.25, -0.2) is 4.68 Å². The Hall–Kier alpha value is -1.36. The highest BCUT2D eigenvalue weighted by Crippen LogP contribution is 2.22. The average Bonchev–Trinajstić information content (AvgIpc) is 2.88. The number of Topliss-reactive ketones (excluding diaryl/α,β-unsaturated/α-hetero) is 1. The molecule has 0 saturated carbocycles. The first-order valence-electron chi connectivity index (χ1n) is 8.14. The van der Waals surface area contributed by atoms with Crippen molar-refractivity contribution >= 4 is 25.9 Å². The van der Waals surface area contributed by atoms with Crippen molar-refractivity contribution in [2.75, 3.05) is 12.5 Å². The smallest absolute Gasteiger partial charge is 0.172 e. The van der Waals surface area contributed by atoms with Crippen LogP contribution < -0.4 is 0 Å². The van der Waals surface area contributed by atoms with Crippen molar-refractivity contribution in [3.05, 3.63) is 24.5 Å². The van der Waals surface area contributed by atoms with E-state index in [9.17, 15) is 9.00 Å². The summed E-state index contributed by atoms with van der Waals surface area (Å²) in [6.07, 6.45) is 12.1. The van der Waals surface area contributed by atoms with E-state index < -0.39 is 9.52 Å². The Labute approximate surface area is 141 Å². The molecule has 5 heteroatoms. The summed E-state index contributed by atoms with van der Waals surface area (Å²) in [7, 11) is -2.41. The summed E-state index contributed by atoms with van der Waals surface area (Å²) < 4.78 is 14.5. The molecule has 1 heterocycles. The van der Waals surface area contributed by atoms with Gasteiger partial charge in [-0.2, -0.15) is 5.10 Å². The van der Waals surface area contributed by atoms with Crippen molar-refractivity contribution in [2.45, 2.75) is 53.4 Å². The van der Waals surface area contributed by atoms with E-state index in [4.69, 9.17) is 0 Å². The van der Waals surface area contributed by atoms with E-state index in [0.29, 0.717) is 17.0 Å². The van der Waals surface area contributed by atoms with Crippen LogP contribution in [0.5, 0.6) is 0 Å². The molecule has 1 rings (SSSR count). The molecule has 1 aromatic rings. The molecule has 0 radical (unpaired) electrons. The van der Waals surface area contributed by atoms with Gasteiger partial charge in [-0.15, -0.1) is 0 Å². The molecule has 0 fully saturated rings. The van der Waals surface area contributed by atoms with Gasteiger partial charge in [0.2, 0.25) is 0 Å². The van der Waals surface area contributed by atoms with Crippen molar-refractivity contribution in [3.8, 4) is 0 Å². The Kier molecular flexibility index (Phi) is 6.81. The summed E-state index contributed by atoms with van der Waals surface area (Å²) in [5.74, 6) is -0.0283. The van der Waals surface area contributed by atoms with Crippen LogP contribution >= 0.6 is 0 Å². The lowest BCUT2D eigenvalue weighted by Crippen LogP contribution is -2.27. The molecule has 0 saturated heterocycles. The van der Waals surface area contributed by atoms with Gasteiger partial charge in [0.05, 0.1) is 10.6 Å². The van der Waals surface area contributed by atoms with E-state index in [1.165, 1.54) is 0 Å². The quantitative estimate of drug-likeness (QED) is 0.433. The molecular formula is C18H30N2O2S. The van der Waals surface area contributed by atoms with Gasteiger partial charge in [-0.1, -0.05) is 46.6 Å². The number of carbonyl (C=O) groups excluding carboxylic acids is 1.